The van der Waals surface area contributed by atoms with Gasteiger partial charge in [0.05, 0.1) is 18.4 Å². The van der Waals surface area contributed by atoms with Gasteiger partial charge in [0.1, 0.15) is 0 Å². The number of guanidine groups is 1. The van der Waals surface area contributed by atoms with E-state index >= 15 is 0 Å². The van der Waals surface area contributed by atoms with Crippen LogP contribution in [-0.2, 0) is 14.8 Å². The largest absolute Gasteiger partial charge is 0.377 e. The topological polar surface area (TPSA) is 106 Å². The van der Waals surface area contributed by atoms with E-state index in [1.165, 1.54) is 0 Å². The Morgan fingerprint density at radius 2 is 2.04 bits per heavy atom. The molecule has 1 aromatic carbocycles. The van der Waals surface area contributed by atoms with Crippen LogP contribution in [0.5, 0.6) is 0 Å². The minimum atomic E-state index is -3.37. The zero-order chi connectivity index (χ0) is 16.5. The average molecular weight is 468 g/mol. The molecule has 0 aromatic heterocycles. The first-order valence-corrected chi connectivity index (χ1v) is 9.41. The predicted octanol–water partition coefficient (Wildman–Crippen LogP) is 1.52. The normalized spacial score (nSPS) is 18.7. The van der Waals surface area contributed by atoms with Crippen LogP contribution in [0.25, 0.3) is 0 Å². The van der Waals surface area contributed by atoms with Crippen LogP contribution in [0.4, 0.5) is 5.69 Å². The zero-order valence-electron chi connectivity index (χ0n) is 13.5. The second kappa shape index (κ2) is 10.9. The Bertz CT molecular complexity index is 604. The van der Waals surface area contributed by atoms with Crippen LogP contribution >= 0.6 is 24.0 Å². The van der Waals surface area contributed by atoms with Gasteiger partial charge in [-0.25, -0.2) is 13.1 Å². The lowest BCUT2D eigenvalue weighted by atomic mass is 10.1. The molecule has 1 aliphatic heterocycles. The van der Waals surface area contributed by atoms with Gasteiger partial charge in [0.15, 0.2) is 5.96 Å². The molecule has 0 aliphatic carbocycles. The first-order valence-electron chi connectivity index (χ1n) is 7.76. The van der Waals surface area contributed by atoms with Crippen molar-refractivity contribution in [3.8, 4) is 0 Å². The van der Waals surface area contributed by atoms with E-state index in [9.17, 15) is 8.42 Å². The highest BCUT2D eigenvalue weighted by Crippen LogP contribution is 2.11. The highest BCUT2D eigenvalue weighted by molar-refractivity contribution is 14.0. The van der Waals surface area contributed by atoms with Crippen molar-refractivity contribution in [2.24, 2.45) is 10.7 Å². The summed E-state index contributed by atoms with van der Waals surface area (Å²) in [6.07, 6.45) is 3.00. The Hall–Kier alpha value is -0.910. The lowest BCUT2D eigenvalue weighted by molar-refractivity contribution is 0.0200. The fraction of sp³-hybridized carbons (Fsp3) is 0.533. The van der Waals surface area contributed by atoms with Crippen LogP contribution in [0.15, 0.2) is 35.3 Å². The summed E-state index contributed by atoms with van der Waals surface area (Å²) in [5, 5.41) is 2.90. The van der Waals surface area contributed by atoms with Crippen LogP contribution in [0.3, 0.4) is 0 Å². The van der Waals surface area contributed by atoms with E-state index in [1.807, 2.05) is 30.3 Å². The fourth-order valence-corrected chi connectivity index (χ4v) is 3.17. The summed E-state index contributed by atoms with van der Waals surface area (Å²) in [5.74, 6) is 0.0960. The molecule has 9 heteroatoms. The Labute approximate surface area is 160 Å². The van der Waals surface area contributed by atoms with Crippen LogP contribution < -0.4 is 15.8 Å². The van der Waals surface area contributed by atoms with Crippen LogP contribution in [0, 0.1) is 0 Å². The summed E-state index contributed by atoms with van der Waals surface area (Å²) in [6.45, 7) is 1.13. The summed E-state index contributed by atoms with van der Waals surface area (Å²) in [7, 11) is -3.37. The molecular formula is C15H25IN4O3S. The molecule has 0 spiro atoms. The van der Waals surface area contributed by atoms with Gasteiger partial charge in [-0.2, -0.15) is 0 Å². The van der Waals surface area contributed by atoms with Crippen molar-refractivity contribution in [1.82, 2.24) is 4.72 Å². The number of ether oxygens (including phenoxy) is 1. The van der Waals surface area contributed by atoms with Crippen molar-refractivity contribution in [1.29, 1.82) is 0 Å². The quantitative estimate of drug-likeness (QED) is 0.320. The summed E-state index contributed by atoms with van der Waals surface area (Å²) in [5.41, 5.74) is 6.54. The fourth-order valence-electron chi connectivity index (χ4n) is 2.26. The van der Waals surface area contributed by atoms with E-state index in [2.05, 4.69) is 15.0 Å². The second-order valence-corrected chi connectivity index (χ2v) is 7.34. The molecule has 0 saturated carbocycles. The minimum Gasteiger partial charge on any atom is -0.377 e. The lowest BCUT2D eigenvalue weighted by Crippen LogP contribution is -2.37. The summed E-state index contributed by atoms with van der Waals surface area (Å²) in [6, 6.07) is 9.34. The van der Waals surface area contributed by atoms with Gasteiger partial charge in [-0.05, 0) is 31.4 Å². The molecule has 0 radical (unpaired) electrons. The van der Waals surface area contributed by atoms with Crippen LogP contribution in [0.1, 0.15) is 19.3 Å². The molecule has 1 fully saturated rings. The number of aliphatic imine (C=N–C) groups is 1. The second-order valence-electron chi connectivity index (χ2n) is 5.41. The molecule has 1 atom stereocenters. The standard InChI is InChI=1S/C15H24N4O3S.HI/c16-15(19-13-6-2-1-3-7-13)17-9-11-23(20,21)18-12-14-8-4-5-10-22-14;/h1-3,6-7,14,18H,4-5,8-12H2,(H3,16,17,19);1H. The number of rotatable bonds is 7. The third-order valence-corrected chi connectivity index (χ3v) is 4.82. The van der Waals surface area contributed by atoms with E-state index in [0.717, 1.165) is 24.9 Å². The van der Waals surface area contributed by atoms with E-state index < -0.39 is 10.0 Å². The molecule has 2 rings (SSSR count). The smallest absolute Gasteiger partial charge is 0.213 e. The molecule has 4 N–H and O–H groups in total. The Kier molecular flexibility index (Phi) is 9.56. The van der Waals surface area contributed by atoms with Gasteiger partial charge in [-0.3, -0.25) is 4.99 Å². The number of sulfonamides is 1. The summed E-state index contributed by atoms with van der Waals surface area (Å²) in [4.78, 5) is 4.03. The molecule has 1 aliphatic rings. The van der Waals surface area contributed by atoms with Crippen molar-refractivity contribution in [2.75, 3.05) is 30.8 Å². The Morgan fingerprint density at radius 1 is 1.29 bits per heavy atom. The number of nitrogens with one attached hydrogen (secondary N) is 2. The van der Waals surface area contributed by atoms with Crippen molar-refractivity contribution in [3.05, 3.63) is 30.3 Å². The van der Waals surface area contributed by atoms with Gasteiger partial charge < -0.3 is 15.8 Å². The molecule has 24 heavy (non-hydrogen) atoms. The van der Waals surface area contributed by atoms with E-state index in [4.69, 9.17) is 10.5 Å². The van der Waals surface area contributed by atoms with Crippen molar-refractivity contribution < 1.29 is 13.2 Å². The van der Waals surface area contributed by atoms with Gasteiger partial charge in [0.2, 0.25) is 10.0 Å². The molecular weight excluding hydrogens is 443 g/mol. The third kappa shape index (κ3) is 8.27. The van der Waals surface area contributed by atoms with E-state index in [0.29, 0.717) is 13.2 Å². The van der Waals surface area contributed by atoms with Gasteiger partial charge in [-0.15, -0.1) is 24.0 Å². The Balaban J connectivity index is 0.00000288. The van der Waals surface area contributed by atoms with Crippen LogP contribution in [-0.4, -0.2) is 45.9 Å². The number of halogens is 1. The number of benzene rings is 1. The molecule has 1 saturated heterocycles. The monoisotopic (exact) mass is 468 g/mol. The molecule has 7 nitrogen and oxygen atoms in total. The Morgan fingerprint density at radius 3 is 2.71 bits per heavy atom. The maximum absolute atomic E-state index is 11.9. The SMILES string of the molecule is I.NC(=NCCS(=O)(=O)NCC1CCCCO1)Nc1ccccc1. The number of para-hydroxylation sites is 1. The van der Waals surface area contributed by atoms with E-state index in [1.54, 1.807) is 0 Å². The van der Waals surface area contributed by atoms with Gasteiger partial charge in [-0.1, -0.05) is 18.2 Å². The minimum absolute atomic E-state index is 0. The number of nitrogens with zero attached hydrogens (tertiary/aromatic N) is 1. The van der Waals surface area contributed by atoms with Gasteiger partial charge in [0, 0.05) is 18.8 Å². The average Bonchev–Trinajstić information content (AvgIpc) is 2.55. The maximum Gasteiger partial charge on any atom is 0.213 e. The summed E-state index contributed by atoms with van der Waals surface area (Å²) >= 11 is 0. The van der Waals surface area contributed by atoms with E-state index in [-0.39, 0.29) is 48.3 Å². The highest BCUT2D eigenvalue weighted by Gasteiger charge is 2.17. The first-order chi connectivity index (χ1) is 11.1. The number of hydrogen-bond acceptors (Lipinski definition) is 4. The summed E-state index contributed by atoms with van der Waals surface area (Å²) < 4.78 is 31.9. The first kappa shape index (κ1) is 21.1. The molecule has 1 heterocycles. The van der Waals surface area contributed by atoms with Crippen LogP contribution in [0.2, 0.25) is 0 Å². The molecule has 136 valence electrons. The number of nitrogens with two attached hydrogens (primary N) is 1. The highest BCUT2D eigenvalue weighted by atomic mass is 127. The third-order valence-electron chi connectivity index (χ3n) is 3.49. The molecule has 1 unspecified atom stereocenters. The number of hydrogen-bond donors (Lipinski definition) is 3. The lowest BCUT2D eigenvalue weighted by Gasteiger charge is -2.22. The van der Waals surface area contributed by atoms with Gasteiger partial charge >= 0.3 is 0 Å². The number of anilines is 1. The molecule has 0 bridgehead atoms. The zero-order valence-corrected chi connectivity index (χ0v) is 16.6. The van der Waals surface area contributed by atoms with Gasteiger partial charge in [0.25, 0.3) is 0 Å². The molecule has 0 amide bonds. The predicted molar refractivity (Wildman–Crippen MR) is 107 cm³/mol. The van der Waals surface area contributed by atoms with Crippen molar-refractivity contribution in [3.63, 3.8) is 0 Å². The molecule has 1 aromatic rings. The van der Waals surface area contributed by atoms with Crippen molar-refractivity contribution >= 4 is 45.6 Å². The maximum atomic E-state index is 11.9. The van der Waals surface area contributed by atoms with Crippen molar-refractivity contribution in [2.45, 2.75) is 25.4 Å².